The number of esters is 1. The number of fused-ring (bicyclic) bond motifs is 1. The number of hydrogen-bond acceptors (Lipinski definition) is 7. The van der Waals surface area contributed by atoms with Crippen LogP contribution in [0.3, 0.4) is 0 Å². The molecule has 2 aromatic carbocycles. The Kier molecular flexibility index (Phi) is 6.13. The lowest BCUT2D eigenvalue weighted by molar-refractivity contribution is -0.142. The number of benzene rings is 2. The SMILES string of the molecule is COC(=O)COc1c(Br)cc(C=Nn2c(=O)[nH]c3ccccc3c2=O)cc1OC. The molecule has 0 bridgehead atoms. The lowest BCUT2D eigenvalue weighted by Gasteiger charge is -2.12. The van der Waals surface area contributed by atoms with Gasteiger partial charge in [-0.15, -0.1) is 4.68 Å². The number of ether oxygens (including phenoxy) is 3. The maximum absolute atomic E-state index is 12.5. The fourth-order valence-electron chi connectivity index (χ4n) is 2.53. The van der Waals surface area contributed by atoms with Gasteiger partial charge in [-0.05, 0) is 45.8 Å². The molecule has 0 aliphatic carbocycles. The number of para-hydroxylation sites is 1. The Morgan fingerprint density at radius 3 is 2.72 bits per heavy atom. The molecule has 10 heteroatoms. The first kappa shape index (κ1) is 20.3. The predicted octanol–water partition coefficient (Wildman–Crippen LogP) is 1.89. The van der Waals surface area contributed by atoms with Gasteiger partial charge in [-0.2, -0.15) is 5.10 Å². The van der Waals surface area contributed by atoms with E-state index < -0.39 is 17.2 Å². The largest absolute Gasteiger partial charge is 0.493 e. The molecule has 1 N–H and O–H groups in total. The van der Waals surface area contributed by atoms with Crippen LogP contribution in [0.2, 0.25) is 0 Å². The zero-order chi connectivity index (χ0) is 21.0. The normalized spacial score (nSPS) is 11.0. The Labute approximate surface area is 172 Å². The van der Waals surface area contributed by atoms with Crippen LogP contribution in [0.15, 0.2) is 55.6 Å². The molecular weight excluding hydrogens is 446 g/mol. The molecule has 0 saturated carbocycles. The van der Waals surface area contributed by atoms with Crippen molar-refractivity contribution in [1.82, 2.24) is 9.66 Å². The number of aromatic nitrogens is 2. The molecule has 0 spiro atoms. The number of methoxy groups -OCH3 is 2. The van der Waals surface area contributed by atoms with E-state index in [0.29, 0.717) is 32.4 Å². The molecule has 1 heterocycles. The van der Waals surface area contributed by atoms with Gasteiger partial charge in [0.2, 0.25) is 0 Å². The van der Waals surface area contributed by atoms with Gasteiger partial charge in [-0.25, -0.2) is 9.59 Å². The molecule has 0 radical (unpaired) electrons. The standard InChI is InChI=1S/C19H16BrN3O6/c1-27-15-8-11(7-13(20)17(15)29-10-16(24)28-2)9-21-23-18(25)12-5-3-4-6-14(12)22-19(23)26/h3-9H,10H2,1-2H3,(H,22,26). The number of aromatic amines is 1. The zero-order valence-corrected chi connectivity index (χ0v) is 17.1. The van der Waals surface area contributed by atoms with Crippen molar-refractivity contribution in [3.8, 4) is 11.5 Å². The summed E-state index contributed by atoms with van der Waals surface area (Å²) in [6.07, 6.45) is 1.34. The summed E-state index contributed by atoms with van der Waals surface area (Å²) >= 11 is 3.34. The number of nitrogens with one attached hydrogen (secondary N) is 1. The lowest BCUT2D eigenvalue weighted by atomic mass is 10.2. The van der Waals surface area contributed by atoms with E-state index >= 15 is 0 Å². The third-order valence-electron chi connectivity index (χ3n) is 3.92. The topological polar surface area (TPSA) is 112 Å². The van der Waals surface area contributed by atoms with Crippen LogP contribution in [0.5, 0.6) is 11.5 Å². The van der Waals surface area contributed by atoms with Gasteiger partial charge in [0, 0.05) is 0 Å². The van der Waals surface area contributed by atoms with Gasteiger partial charge >= 0.3 is 11.7 Å². The number of H-pyrrole nitrogens is 1. The van der Waals surface area contributed by atoms with Gasteiger partial charge in [0.1, 0.15) is 0 Å². The minimum Gasteiger partial charge on any atom is -0.493 e. The van der Waals surface area contributed by atoms with Crippen molar-refractivity contribution in [2.24, 2.45) is 5.10 Å². The maximum atomic E-state index is 12.5. The third-order valence-corrected chi connectivity index (χ3v) is 4.51. The average molecular weight is 462 g/mol. The molecule has 0 unspecified atom stereocenters. The van der Waals surface area contributed by atoms with E-state index in [1.807, 2.05) is 0 Å². The first-order valence-corrected chi connectivity index (χ1v) is 9.09. The molecular formula is C19H16BrN3O6. The van der Waals surface area contributed by atoms with Crippen LogP contribution < -0.4 is 20.7 Å². The molecule has 3 aromatic rings. The van der Waals surface area contributed by atoms with Gasteiger partial charge < -0.3 is 19.2 Å². The zero-order valence-electron chi connectivity index (χ0n) is 15.5. The number of carbonyl (C=O) groups is 1. The van der Waals surface area contributed by atoms with E-state index in [1.165, 1.54) is 20.4 Å². The van der Waals surface area contributed by atoms with Gasteiger partial charge in [-0.3, -0.25) is 4.79 Å². The number of halogens is 1. The van der Waals surface area contributed by atoms with Crippen molar-refractivity contribution >= 4 is 39.0 Å². The fourth-order valence-corrected chi connectivity index (χ4v) is 3.10. The first-order chi connectivity index (χ1) is 13.9. The summed E-state index contributed by atoms with van der Waals surface area (Å²) in [6, 6.07) is 9.89. The summed E-state index contributed by atoms with van der Waals surface area (Å²) in [5.41, 5.74) is -0.234. The highest BCUT2D eigenvalue weighted by atomic mass is 79.9. The van der Waals surface area contributed by atoms with Gasteiger partial charge in [0.15, 0.2) is 18.1 Å². The molecule has 0 aliphatic rings. The van der Waals surface area contributed by atoms with Crippen LogP contribution in [0.1, 0.15) is 5.56 Å². The highest BCUT2D eigenvalue weighted by Crippen LogP contribution is 2.36. The predicted molar refractivity (Wildman–Crippen MR) is 110 cm³/mol. The second-order valence-electron chi connectivity index (χ2n) is 5.74. The number of carbonyl (C=O) groups excluding carboxylic acids is 1. The molecule has 150 valence electrons. The Morgan fingerprint density at radius 1 is 1.24 bits per heavy atom. The summed E-state index contributed by atoms with van der Waals surface area (Å²) in [5, 5.41) is 4.35. The summed E-state index contributed by atoms with van der Waals surface area (Å²) in [6.45, 7) is -0.291. The smallest absolute Gasteiger partial charge is 0.349 e. The van der Waals surface area contributed by atoms with Crippen molar-refractivity contribution in [3.05, 3.63) is 67.3 Å². The van der Waals surface area contributed by atoms with Crippen LogP contribution in [0.25, 0.3) is 10.9 Å². The van der Waals surface area contributed by atoms with Gasteiger partial charge in [-0.1, -0.05) is 12.1 Å². The first-order valence-electron chi connectivity index (χ1n) is 8.30. The monoisotopic (exact) mass is 461 g/mol. The molecule has 0 saturated heterocycles. The number of rotatable bonds is 6. The van der Waals surface area contributed by atoms with Gasteiger partial charge in [0.05, 0.1) is 35.8 Å². The number of hydrogen-bond donors (Lipinski definition) is 1. The highest BCUT2D eigenvalue weighted by molar-refractivity contribution is 9.10. The Balaban J connectivity index is 1.96. The molecule has 0 atom stereocenters. The van der Waals surface area contributed by atoms with Crippen LogP contribution >= 0.6 is 15.9 Å². The Hall–Kier alpha value is -3.40. The summed E-state index contributed by atoms with van der Waals surface area (Å²) in [4.78, 5) is 38.6. The van der Waals surface area contributed by atoms with Crippen molar-refractivity contribution in [2.75, 3.05) is 20.8 Å². The van der Waals surface area contributed by atoms with Crippen LogP contribution in [0, 0.1) is 0 Å². The molecule has 0 fully saturated rings. The minimum absolute atomic E-state index is 0.291. The lowest BCUT2D eigenvalue weighted by Crippen LogP contribution is -2.32. The van der Waals surface area contributed by atoms with Crippen LogP contribution in [-0.2, 0) is 9.53 Å². The Bertz CT molecular complexity index is 1210. The second-order valence-corrected chi connectivity index (χ2v) is 6.59. The second kappa shape index (κ2) is 8.74. The fraction of sp³-hybridized carbons (Fsp3) is 0.158. The number of nitrogens with zero attached hydrogens (tertiary/aromatic N) is 2. The van der Waals surface area contributed by atoms with Crippen molar-refractivity contribution in [3.63, 3.8) is 0 Å². The molecule has 29 heavy (non-hydrogen) atoms. The summed E-state index contributed by atoms with van der Waals surface area (Å²) < 4.78 is 16.5. The van der Waals surface area contributed by atoms with E-state index in [4.69, 9.17) is 9.47 Å². The van der Waals surface area contributed by atoms with E-state index in [2.05, 4.69) is 30.8 Å². The molecule has 0 amide bonds. The Morgan fingerprint density at radius 2 is 2.00 bits per heavy atom. The molecule has 3 rings (SSSR count). The van der Waals surface area contributed by atoms with Crippen molar-refractivity contribution in [2.45, 2.75) is 0 Å². The quantitative estimate of drug-likeness (QED) is 0.443. The van der Waals surface area contributed by atoms with Gasteiger partial charge in [0.25, 0.3) is 5.56 Å². The third kappa shape index (κ3) is 4.37. The molecule has 1 aromatic heterocycles. The maximum Gasteiger partial charge on any atom is 0.349 e. The van der Waals surface area contributed by atoms with Crippen LogP contribution in [0.4, 0.5) is 0 Å². The summed E-state index contributed by atoms with van der Waals surface area (Å²) in [5.74, 6) is 0.0831. The molecule has 9 nitrogen and oxygen atoms in total. The van der Waals surface area contributed by atoms with E-state index in [9.17, 15) is 14.4 Å². The highest BCUT2D eigenvalue weighted by Gasteiger charge is 2.13. The average Bonchev–Trinajstić information content (AvgIpc) is 2.72. The minimum atomic E-state index is -0.658. The van der Waals surface area contributed by atoms with Crippen LogP contribution in [-0.4, -0.2) is 42.7 Å². The van der Waals surface area contributed by atoms with Crippen molar-refractivity contribution < 1.29 is 19.0 Å². The van der Waals surface area contributed by atoms with E-state index in [-0.39, 0.29) is 6.61 Å². The van der Waals surface area contributed by atoms with Crippen molar-refractivity contribution in [1.29, 1.82) is 0 Å². The van der Waals surface area contributed by atoms with E-state index in [1.54, 1.807) is 36.4 Å². The molecule has 0 aliphatic heterocycles. The van der Waals surface area contributed by atoms with E-state index in [0.717, 1.165) is 4.68 Å². The summed E-state index contributed by atoms with van der Waals surface area (Å²) in [7, 11) is 2.69.